The van der Waals surface area contributed by atoms with Crippen LogP contribution in [-0.2, 0) is 17.7 Å². The first kappa shape index (κ1) is 18.7. The molecule has 138 valence electrons. The number of aliphatic hydroxyl groups is 1. The van der Waals surface area contributed by atoms with E-state index in [9.17, 15) is 5.11 Å². The maximum absolute atomic E-state index is 10.5. The van der Waals surface area contributed by atoms with Crippen LogP contribution in [0.5, 0.6) is 0 Å². The van der Waals surface area contributed by atoms with Crippen molar-refractivity contribution in [3.63, 3.8) is 0 Å². The number of quaternary nitrogens is 1. The van der Waals surface area contributed by atoms with E-state index in [2.05, 4.69) is 24.3 Å². The van der Waals surface area contributed by atoms with Crippen LogP contribution < -0.4 is 4.90 Å². The summed E-state index contributed by atoms with van der Waals surface area (Å²) in [6, 6.07) is 14.4. The summed E-state index contributed by atoms with van der Waals surface area (Å²) in [6.45, 7) is 2.20. The molecule has 5 nitrogen and oxygen atoms in total. The third kappa shape index (κ3) is 5.18. The Morgan fingerprint density at radius 2 is 2.19 bits per heavy atom. The molecule has 5 heteroatoms. The molecule has 0 amide bonds. The minimum Gasteiger partial charge on any atom is -0.463 e. The first-order valence-corrected chi connectivity index (χ1v) is 9.36. The number of aliphatic hydroxyl groups excluding tert-OH is 1. The van der Waals surface area contributed by atoms with Crippen molar-refractivity contribution in [3.05, 3.63) is 59.5 Å². The number of ether oxygens (including phenoxy) is 1. The number of nitrogens with zero attached hydrogens (tertiary/aromatic N) is 1. The SMILES string of the molecule is N#CCC[NH+](Cc1ccco1)C[C@H](O)CO[C@H]1CCCc2ccccc21. The molecule has 3 rings (SSSR count). The van der Waals surface area contributed by atoms with Gasteiger partial charge in [-0.3, -0.25) is 0 Å². The Kier molecular flexibility index (Phi) is 6.84. The van der Waals surface area contributed by atoms with E-state index in [-0.39, 0.29) is 6.10 Å². The van der Waals surface area contributed by atoms with Crippen molar-refractivity contribution in [2.45, 2.75) is 44.4 Å². The lowest BCUT2D eigenvalue weighted by Gasteiger charge is -2.27. The number of aryl methyl sites for hydroxylation is 1. The minimum absolute atomic E-state index is 0.0715. The Bertz CT molecular complexity index is 708. The normalized spacial score (nSPS) is 18.7. The third-order valence-corrected chi connectivity index (χ3v) is 4.92. The summed E-state index contributed by atoms with van der Waals surface area (Å²) < 4.78 is 11.5. The van der Waals surface area contributed by atoms with Gasteiger partial charge in [0.2, 0.25) is 0 Å². The van der Waals surface area contributed by atoms with Gasteiger partial charge in [0.1, 0.15) is 19.2 Å². The number of rotatable bonds is 9. The average molecular weight is 355 g/mol. The summed E-state index contributed by atoms with van der Waals surface area (Å²) in [6.07, 6.45) is 4.84. The molecule has 1 heterocycles. The number of nitrogens with one attached hydrogen (secondary N) is 1. The second-order valence-electron chi connectivity index (χ2n) is 6.94. The molecule has 1 aromatic heterocycles. The van der Waals surface area contributed by atoms with E-state index in [1.165, 1.54) is 11.1 Å². The zero-order valence-electron chi connectivity index (χ0n) is 15.1. The molecule has 0 saturated heterocycles. The van der Waals surface area contributed by atoms with Crippen molar-refractivity contribution < 1.29 is 19.2 Å². The van der Waals surface area contributed by atoms with E-state index in [4.69, 9.17) is 14.4 Å². The van der Waals surface area contributed by atoms with Crippen LogP contribution in [0, 0.1) is 11.3 Å². The number of benzene rings is 1. The van der Waals surface area contributed by atoms with E-state index in [1.54, 1.807) is 6.26 Å². The van der Waals surface area contributed by atoms with E-state index in [1.807, 2.05) is 18.2 Å². The van der Waals surface area contributed by atoms with Crippen LogP contribution in [0.1, 0.15) is 42.3 Å². The van der Waals surface area contributed by atoms with Gasteiger partial charge in [0.25, 0.3) is 0 Å². The highest BCUT2D eigenvalue weighted by atomic mass is 16.5. The Morgan fingerprint density at radius 1 is 1.31 bits per heavy atom. The Hall–Kier alpha value is -2.13. The molecule has 2 aromatic rings. The van der Waals surface area contributed by atoms with Crippen molar-refractivity contribution in [2.24, 2.45) is 0 Å². The third-order valence-electron chi connectivity index (χ3n) is 4.92. The van der Waals surface area contributed by atoms with Gasteiger partial charge in [-0.15, -0.1) is 0 Å². The summed E-state index contributed by atoms with van der Waals surface area (Å²) in [5.74, 6) is 0.868. The highest BCUT2D eigenvalue weighted by molar-refractivity contribution is 5.31. The van der Waals surface area contributed by atoms with Crippen LogP contribution in [-0.4, -0.2) is 30.9 Å². The largest absolute Gasteiger partial charge is 0.463 e. The highest BCUT2D eigenvalue weighted by Crippen LogP contribution is 2.32. The van der Waals surface area contributed by atoms with Crippen molar-refractivity contribution >= 4 is 0 Å². The minimum atomic E-state index is -0.562. The fraction of sp³-hybridized carbons (Fsp3) is 0.476. The van der Waals surface area contributed by atoms with Gasteiger partial charge in [-0.1, -0.05) is 24.3 Å². The lowest BCUT2D eigenvalue weighted by atomic mass is 9.89. The van der Waals surface area contributed by atoms with Crippen LogP contribution >= 0.6 is 0 Å². The van der Waals surface area contributed by atoms with Gasteiger partial charge < -0.3 is 19.2 Å². The fourth-order valence-corrected chi connectivity index (χ4v) is 3.66. The van der Waals surface area contributed by atoms with Crippen LogP contribution in [0.25, 0.3) is 0 Å². The number of fused-ring (bicyclic) bond motifs is 1. The topological polar surface area (TPSA) is 70.8 Å². The van der Waals surface area contributed by atoms with Gasteiger partial charge in [-0.05, 0) is 42.5 Å². The predicted molar refractivity (Wildman–Crippen MR) is 97.4 cm³/mol. The molecule has 26 heavy (non-hydrogen) atoms. The maximum Gasteiger partial charge on any atom is 0.157 e. The van der Waals surface area contributed by atoms with Crippen molar-refractivity contribution in [3.8, 4) is 6.07 Å². The number of hydrogen-bond donors (Lipinski definition) is 2. The molecule has 1 aliphatic rings. The zero-order valence-corrected chi connectivity index (χ0v) is 15.1. The summed E-state index contributed by atoms with van der Waals surface area (Å²) in [7, 11) is 0. The molecule has 1 aliphatic carbocycles. The second kappa shape index (κ2) is 9.54. The van der Waals surface area contributed by atoms with Crippen LogP contribution in [0.15, 0.2) is 47.1 Å². The van der Waals surface area contributed by atoms with Crippen molar-refractivity contribution in [2.75, 3.05) is 19.7 Å². The summed E-state index contributed by atoms with van der Waals surface area (Å²) >= 11 is 0. The molecular formula is C21H27N2O3+. The molecule has 1 aromatic carbocycles. The first-order chi connectivity index (χ1) is 12.8. The maximum atomic E-state index is 10.5. The van der Waals surface area contributed by atoms with E-state index < -0.39 is 6.10 Å². The Balaban J connectivity index is 1.52. The Morgan fingerprint density at radius 3 is 3.00 bits per heavy atom. The van der Waals surface area contributed by atoms with Crippen LogP contribution in [0.3, 0.4) is 0 Å². The predicted octanol–water partition coefficient (Wildman–Crippen LogP) is 2.03. The average Bonchev–Trinajstić information content (AvgIpc) is 3.17. The molecule has 0 fully saturated rings. The molecule has 0 aliphatic heterocycles. The quantitative estimate of drug-likeness (QED) is 0.722. The lowest BCUT2D eigenvalue weighted by molar-refractivity contribution is -0.917. The summed E-state index contributed by atoms with van der Waals surface area (Å²) in [5.41, 5.74) is 2.62. The zero-order chi connectivity index (χ0) is 18.2. The van der Waals surface area contributed by atoms with Gasteiger partial charge in [0, 0.05) is 0 Å². The molecule has 0 radical (unpaired) electrons. The van der Waals surface area contributed by atoms with Gasteiger partial charge in [-0.2, -0.15) is 5.26 Å². The second-order valence-corrected chi connectivity index (χ2v) is 6.94. The summed E-state index contributed by atoms with van der Waals surface area (Å²) in [5, 5.41) is 19.3. The van der Waals surface area contributed by atoms with E-state index in [0.717, 1.165) is 29.9 Å². The Labute approximate surface area is 154 Å². The number of furan rings is 1. The van der Waals surface area contributed by atoms with Crippen LogP contribution in [0.4, 0.5) is 0 Å². The van der Waals surface area contributed by atoms with Gasteiger partial charge in [0.15, 0.2) is 5.76 Å². The highest BCUT2D eigenvalue weighted by Gasteiger charge is 2.23. The molecule has 0 bridgehead atoms. The molecular weight excluding hydrogens is 328 g/mol. The molecule has 1 unspecified atom stereocenters. The van der Waals surface area contributed by atoms with Gasteiger partial charge >= 0.3 is 0 Å². The van der Waals surface area contributed by atoms with Crippen molar-refractivity contribution in [1.82, 2.24) is 0 Å². The number of hydrogen-bond acceptors (Lipinski definition) is 4. The molecule has 2 N–H and O–H groups in total. The molecule has 3 atom stereocenters. The van der Waals surface area contributed by atoms with E-state index >= 15 is 0 Å². The van der Waals surface area contributed by atoms with E-state index in [0.29, 0.717) is 32.7 Å². The van der Waals surface area contributed by atoms with Gasteiger partial charge in [0.05, 0.1) is 38.0 Å². The van der Waals surface area contributed by atoms with Crippen molar-refractivity contribution in [1.29, 1.82) is 5.26 Å². The standard InChI is InChI=1S/C21H26N2O3/c22-11-5-12-23(15-19-8-4-13-25-19)14-18(24)16-26-21-10-3-7-17-6-1-2-9-20(17)21/h1-2,4,6,8-9,13,18,21,24H,3,5,7,10,12,14-16H2/p+1/t18-,21-/m0/s1. The molecule has 0 spiro atoms. The summed E-state index contributed by atoms with van der Waals surface area (Å²) in [4.78, 5) is 1.13. The first-order valence-electron chi connectivity index (χ1n) is 9.36. The monoisotopic (exact) mass is 355 g/mol. The molecule has 0 saturated carbocycles. The van der Waals surface area contributed by atoms with Gasteiger partial charge in [-0.25, -0.2) is 0 Å². The fourth-order valence-electron chi connectivity index (χ4n) is 3.66. The van der Waals surface area contributed by atoms with Crippen LogP contribution in [0.2, 0.25) is 0 Å². The smallest absolute Gasteiger partial charge is 0.157 e. The lowest BCUT2D eigenvalue weighted by Crippen LogP contribution is -3.12. The number of nitriles is 1.